The maximum Gasteiger partial charge on any atom is 0.123 e. The van der Waals surface area contributed by atoms with E-state index in [1.54, 1.807) is 12.1 Å². The van der Waals surface area contributed by atoms with Gasteiger partial charge in [-0.05, 0) is 37.0 Å². The molecule has 0 atom stereocenters. The minimum Gasteiger partial charge on any atom is -0.299 e. The normalized spacial score (nSPS) is 17.9. The van der Waals surface area contributed by atoms with E-state index >= 15 is 0 Å². The zero-order valence-electron chi connectivity index (χ0n) is 9.88. The first-order valence-electron chi connectivity index (χ1n) is 6.15. The van der Waals surface area contributed by atoms with E-state index in [-0.39, 0.29) is 11.4 Å². The monoisotopic (exact) mass is 232 g/mol. The van der Waals surface area contributed by atoms with Crippen LogP contribution < -0.4 is 5.32 Å². The van der Waals surface area contributed by atoms with Gasteiger partial charge in [0.05, 0.1) is 6.07 Å². The van der Waals surface area contributed by atoms with Gasteiger partial charge in [0.2, 0.25) is 0 Å². The molecule has 1 aromatic carbocycles. The van der Waals surface area contributed by atoms with E-state index in [0.717, 1.165) is 44.2 Å². The molecule has 0 saturated heterocycles. The molecule has 1 aliphatic rings. The number of nitrogens with one attached hydrogen (secondary N) is 1. The molecule has 1 aromatic rings. The zero-order chi connectivity index (χ0) is 12.1. The van der Waals surface area contributed by atoms with E-state index in [4.69, 9.17) is 0 Å². The highest BCUT2D eigenvalue weighted by Crippen LogP contribution is 2.28. The SMILES string of the molecule is N#CC1(NCCc2ccc(F)cc2)CCCC1. The number of nitrogens with zero attached hydrogens (tertiary/aromatic N) is 1. The molecule has 1 fully saturated rings. The molecule has 17 heavy (non-hydrogen) atoms. The standard InChI is InChI=1S/C14H17FN2/c15-13-5-3-12(4-6-13)7-10-17-14(11-16)8-1-2-9-14/h3-6,17H,1-2,7-10H2. The molecule has 1 aliphatic carbocycles. The predicted octanol–water partition coefficient (Wildman–Crippen LogP) is 2.79. The molecule has 0 bridgehead atoms. The Labute approximate surface area is 101 Å². The Hall–Kier alpha value is -1.40. The van der Waals surface area contributed by atoms with E-state index < -0.39 is 0 Å². The minimum absolute atomic E-state index is 0.203. The third-order valence-corrected chi connectivity index (χ3v) is 3.46. The van der Waals surface area contributed by atoms with Gasteiger partial charge in [-0.15, -0.1) is 0 Å². The van der Waals surface area contributed by atoms with Crippen LogP contribution >= 0.6 is 0 Å². The largest absolute Gasteiger partial charge is 0.299 e. The third-order valence-electron chi connectivity index (χ3n) is 3.46. The summed E-state index contributed by atoms with van der Waals surface area (Å²) in [6.45, 7) is 0.777. The lowest BCUT2D eigenvalue weighted by Gasteiger charge is -2.21. The van der Waals surface area contributed by atoms with E-state index in [1.165, 1.54) is 12.1 Å². The van der Waals surface area contributed by atoms with Crippen molar-refractivity contribution in [3.8, 4) is 6.07 Å². The van der Waals surface area contributed by atoms with Crippen molar-refractivity contribution in [1.29, 1.82) is 5.26 Å². The van der Waals surface area contributed by atoms with Crippen molar-refractivity contribution in [2.75, 3.05) is 6.54 Å². The van der Waals surface area contributed by atoms with Gasteiger partial charge in [0.1, 0.15) is 11.4 Å². The second-order valence-corrected chi connectivity index (χ2v) is 4.70. The van der Waals surface area contributed by atoms with E-state index in [1.807, 2.05) is 0 Å². The van der Waals surface area contributed by atoms with Gasteiger partial charge in [0, 0.05) is 6.54 Å². The topological polar surface area (TPSA) is 35.8 Å². The van der Waals surface area contributed by atoms with Crippen molar-refractivity contribution in [3.63, 3.8) is 0 Å². The van der Waals surface area contributed by atoms with E-state index in [0.29, 0.717) is 0 Å². The molecule has 0 spiro atoms. The maximum atomic E-state index is 12.7. The van der Waals surface area contributed by atoms with Gasteiger partial charge >= 0.3 is 0 Å². The highest BCUT2D eigenvalue weighted by Gasteiger charge is 2.32. The maximum absolute atomic E-state index is 12.7. The Morgan fingerprint density at radius 3 is 2.47 bits per heavy atom. The van der Waals surface area contributed by atoms with Crippen LogP contribution in [0.15, 0.2) is 24.3 Å². The molecule has 0 aliphatic heterocycles. The van der Waals surface area contributed by atoms with E-state index in [2.05, 4.69) is 11.4 Å². The summed E-state index contributed by atoms with van der Waals surface area (Å²) in [4.78, 5) is 0. The molecule has 0 heterocycles. The molecule has 2 rings (SSSR count). The minimum atomic E-state index is -0.306. The molecular weight excluding hydrogens is 215 g/mol. The lowest BCUT2D eigenvalue weighted by molar-refractivity contribution is 0.426. The summed E-state index contributed by atoms with van der Waals surface area (Å²) in [6.07, 6.45) is 5.01. The Balaban J connectivity index is 1.83. The van der Waals surface area contributed by atoms with Crippen molar-refractivity contribution in [2.45, 2.75) is 37.6 Å². The fourth-order valence-electron chi connectivity index (χ4n) is 2.40. The summed E-state index contributed by atoms with van der Waals surface area (Å²) >= 11 is 0. The fraction of sp³-hybridized carbons (Fsp3) is 0.500. The van der Waals surface area contributed by atoms with Crippen LogP contribution in [0.25, 0.3) is 0 Å². The molecule has 0 aromatic heterocycles. The molecule has 2 nitrogen and oxygen atoms in total. The highest BCUT2D eigenvalue weighted by molar-refractivity contribution is 5.17. The Kier molecular flexibility index (Phi) is 3.75. The lowest BCUT2D eigenvalue weighted by atomic mass is 9.99. The molecule has 90 valence electrons. The Bertz CT molecular complexity index is 399. The third kappa shape index (κ3) is 3.04. The Morgan fingerprint density at radius 1 is 1.24 bits per heavy atom. The number of rotatable bonds is 4. The van der Waals surface area contributed by atoms with Crippen LogP contribution in [0.2, 0.25) is 0 Å². The summed E-state index contributed by atoms with van der Waals surface area (Å²) in [5.74, 6) is -0.203. The van der Waals surface area contributed by atoms with Crippen molar-refractivity contribution in [3.05, 3.63) is 35.6 Å². The van der Waals surface area contributed by atoms with Gasteiger partial charge in [0.25, 0.3) is 0 Å². The van der Waals surface area contributed by atoms with Gasteiger partial charge in [-0.2, -0.15) is 5.26 Å². The summed E-state index contributed by atoms with van der Waals surface area (Å²) in [7, 11) is 0. The number of halogens is 1. The number of hydrogen-bond acceptors (Lipinski definition) is 2. The van der Waals surface area contributed by atoms with Crippen molar-refractivity contribution in [1.82, 2.24) is 5.32 Å². The van der Waals surface area contributed by atoms with Gasteiger partial charge < -0.3 is 0 Å². The number of hydrogen-bond donors (Lipinski definition) is 1. The lowest BCUT2D eigenvalue weighted by Crippen LogP contribution is -2.42. The van der Waals surface area contributed by atoms with Crippen molar-refractivity contribution in [2.24, 2.45) is 0 Å². The van der Waals surface area contributed by atoms with Crippen LogP contribution in [-0.4, -0.2) is 12.1 Å². The molecule has 1 N–H and O–H groups in total. The van der Waals surface area contributed by atoms with Crippen LogP contribution in [0.5, 0.6) is 0 Å². The first-order chi connectivity index (χ1) is 8.24. The van der Waals surface area contributed by atoms with Crippen LogP contribution in [0, 0.1) is 17.1 Å². The highest BCUT2D eigenvalue weighted by atomic mass is 19.1. The number of benzene rings is 1. The number of nitriles is 1. The van der Waals surface area contributed by atoms with E-state index in [9.17, 15) is 9.65 Å². The van der Waals surface area contributed by atoms with Crippen LogP contribution in [-0.2, 0) is 6.42 Å². The molecular formula is C14H17FN2. The summed E-state index contributed by atoms with van der Waals surface area (Å²) < 4.78 is 12.7. The first kappa shape index (κ1) is 12.1. The van der Waals surface area contributed by atoms with Crippen molar-refractivity contribution >= 4 is 0 Å². The van der Waals surface area contributed by atoms with Crippen molar-refractivity contribution < 1.29 is 4.39 Å². The second-order valence-electron chi connectivity index (χ2n) is 4.70. The fourth-order valence-corrected chi connectivity index (χ4v) is 2.40. The molecule has 0 radical (unpaired) electrons. The average molecular weight is 232 g/mol. The quantitative estimate of drug-likeness (QED) is 0.866. The molecule has 0 amide bonds. The van der Waals surface area contributed by atoms with Crippen LogP contribution in [0.4, 0.5) is 4.39 Å². The average Bonchev–Trinajstić information content (AvgIpc) is 2.81. The smallest absolute Gasteiger partial charge is 0.123 e. The zero-order valence-corrected chi connectivity index (χ0v) is 9.88. The Morgan fingerprint density at radius 2 is 1.88 bits per heavy atom. The molecule has 1 saturated carbocycles. The van der Waals surface area contributed by atoms with Gasteiger partial charge in [0.15, 0.2) is 0 Å². The van der Waals surface area contributed by atoms with Gasteiger partial charge in [-0.3, -0.25) is 5.32 Å². The molecule has 3 heteroatoms. The predicted molar refractivity (Wildman–Crippen MR) is 64.9 cm³/mol. The second kappa shape index (κ2) is 5.29. The van der Waals surface area contributed by atoms with Crippen LogP contribution in [0.3, 0.4) is 0 Å². The summed E-state index contributed by atoms with van der Waals surface area (Å²) in [5.41, 5.74) is 0.796. The summed E-state index contributed by atoms with van der Waals surface area (Å²) in [6, 6.07) is 8.95. The van der Waals surface area contributed by atoms with Crippen LogP contribution in [0.1, 0.15) is 31.2 Å². The molecule has 0 unspecified atom stereocenters. The summed E-state index contributed by atoms with van der Waals surface area (Å²) in [5, 5.41) is 12.5. The van der Waals surface area contributed by atoms with Gasteiger partial charge in [-0.25, -0.2) is 4.39 Å². The first-order valence-corrected chi connectivity index (χ1v) is 6.15. The van der Waals surface area contributed by atoms with Gasteiger partial charge in [-0.1, -0.05) is 25.0 Å².